The number of methoxy groups -OCH3 is 1. The molecule has 1 aromatic rings. The number of hydrogen-bond acceptors (Lipinski definition) is 2. The van der Waals surface area contributed by atoms with Crippen molar-refractivity contribution >= 4 is 0 Å². The van der Waals surface area contributed by atoms with Crippen LogP contribution in [0.2, 0.25) is 0 Å². The molecule has 1 rings (SSSR count). The zero-order valence-corrected chi connectivity index (χ0v) is 9.29. The van der Waals surface area contributed by atoms with Crippen molar-refractivity contribution in [2.24, 2.45) is 0 Å². The van der Waals surface area contributed by atoms with Gasteiger partial charge in [0.25, 0.3) is 0 Å². The SMILES string of the molecule is CCCC(NC)c1ccn(COC)c1. The lowest BCUT2D eigenvalue weighted by Gasteiger charge is -2.13. The third kappa shape index (κ3) is 2.86. The summed E-state index contributed by atoms with van der Waals surface area (Å²) in [5.74, 6) is 0. The van der Waals surface area contributed by atoms with Crippen LogP contribution in [-0.2, 0) is 11.5 Å². The van der Waals surface area contributed by atoms with Gasteiger partial charge in [-0.25, -0.2) is 0 Å². The first-order chi connectivity index (χ1) is 6.81. The van der Waals surface area contributed by atoms with Crippen LogP contribution < -0.4 is 5.32 Å². The average Bonchev–Trinajstić information content (AvgIpc) is 2.63. The number of nitrogens with one attached hydrogen (secondary N) is 1. The van der Waals surface area contributed by atoms with Gasteiger partial charge in [-0.1, -0.05) is 13.3 Å². The summed E-state index contributed by atoms with van der Waals surface area (Å²) < 4.78 is 7.11. The molecule has 1 atom stereocenters. The fourth-order valence-corrected chi connectivity index (χ4v) is 1.66. The maximum atomic E-state index is 5.06. The van der Waals surface area contributed by atoms with Crippen LogP contribution in [0.25, 0.3) is 0 Å². The molecule has 1 N–H and O–H groups in total. The van der Waals surface area contributed by atoms with Gasteiger partial charge in [-0.05, 0) is 25.1 Å². The molecule has 0 bridgehead atoms. The number of hydrogen-bond donors (Lipinski definition) is 1. The zero-order chi connectivity index (χ0) is 10.4. The summed E-state index contributed by atoms with van der Waals surface area (Å²) in [7, 11) is 3.72. The van der Waals surface area contributed by atoms with Crippen LogP contribution in [0, 0.1) is 0 Å². The Kier molecular flexibility index (Phi) is 4.70. The largest absolute Gasteiger partial charge is 0.364 e. The van der Waals surface area contributed by atoms with Crippen molar-refractivity contribution in [1.82, 2.24) is 9.88 Å². The van der Waals surface area contributed by atoms with E-state index in [2.05, 4.69) is 35.3 Å². The topological polar surface area (TPSA) is 26.2 Å². The summed E-state index contributed by atoms with van der Waals surface area (Å²) in [6.45, 7) is 2.83. The van der Waals surface area contributed by atoms with E-state index in [1.54, 1.807) is 7.11 Å². The average molecular weight is 196 g/mol. The predicted octanol–water partition coefficient (Wildman–Crippen LogP) is 2.15. The van der Waals surface area contributed by atoms with E-state index in [4.69, 9.17) is 4.74 Å². The van der Waals surface area contributed by atoms with Gasteiger partial charge in [0.1, 0.15) is 6.73 Å². The fourth-order valence-electron chi connectivity index (χ4n) is 1.66. The standard InChI is InChI=1S/C11H20N2O/c1-4-5-11(12-2)10-6-7-13(8-10)9-14-3/h6-8,11-12H,4-5,9H2,1-3H3. The van der Waals surface area contributed by atoms with Crippen LogP contribution in [0.1, 0.15) is 31.4 Å². The smallest absolute Gasteiger partial charge is 0.121 e. The minimum atomic E-state index is 0.470. The molecule has 0 aliphatic heterocycles. The van der Waals surface area contributed by atoms with Gasteiger partial charge in [-0.2, -0.15) is 0 Å². The van der Waals surface area contributed by atoms with Crippen molar-refractivity contribution in [3.63, 3.8) is 0 Å². The van der Waals surface area contributed by atoms with Gasteiger partial charge in [0.2, 0.25) is 0 Å². The second-order valence-corrected chi connectivity index (χ2v) is 3.51. The van der Waals surface area contributed by atoms with E-state index in [0.717, 1.165) is 0 Å². The number of nitrogens with zero attached hydrogens (tertiary/aromatic N) is 1. The second kappa shape index (κ2) is 5.83. The Morgan fingerprint density at radius 3 is 2.93 bits per heavy atom. The highest BCUT2D eigenvalue weighted by Gasteiger charge is 2.08. The monoisotopic (exact) mass is 196 g/mol. The highest BCUT2D eigenvalue weighted by molar-refractivity contribution is 5.15. The molecule has 0 aromatic carbocycles. The molecule has 0 amide bonds. The molecule has 0 saturated carbocycles. The van der Waals surface area contributed by atoms with E-state index in [-0.39, 0.29) is 0 Å². The third-order valence-corrected chi connectivity index (χ3v) is 2.38. The summed E-state index contributed by atoms with van der Waals surface area (Å²) in [6.07, 6.45) is 6.56. The van der Waals surface area contributed by atoms with Crippen molar-refractivity contribution in [2.45, 2.75) is 32.5 Å². The first-order valence-corrected chi connectivity index (χ1v) is 5.13. The Hall–Kier alpha value is -0.800. The van der Waals surface area contributed by atoms with E-state index < -0.39 is 0 Å². The maximum absolute atomic E-state index is 5.06. The van der Waals surface area contributed by atoms with Gasteiger partial charge in [0.05, 0.1) is 0 Å². The molecule has 0 saturated heterocycles. The highest BCUT2D eigenvalue weighted by atomic mass is 16.5. The minimum Gasteiger partial charge on any atom is -0.364 e. The summed E-state index contributed by atoms with van der Waals surface area (Å²) in [5.41, 5.74) is 1.34. The molecule has 0 aliphatic carbocycles. The zero-order valence-electron chi connectivity index (χ0n) is 9.29. The third-order valence-electron chi connectivity index (χ3n) is 2.38. The van der Waals surface area contributed by atoms with Gasteiger partial charge in [0, 0.05) is 25.5 Å². The molecule has 14 heavy (non-hydrogen) atoms. The molecule has 1 heterocycles. The van der Waals surface area contributed by atoms with Crippen molar-refractivity contribution < 1.29 is 4.74 Å². The quantitative estimate of drug-likeness (QED) is 0.754. The maximum Gasteiger partial charge on any atom is 0.121 e. The van der Waals surface area contributed by atoms with Crippen molar-refractivity contribution in [3.8, 4) is 0 Å². The number of aromatic nitrogens is 1. The Labute approximate surface area is 86.1 Å². The van der Waals surface area contributed by atoms with Gasteiger partial charge in [0.15, 0.2) is 0 Å². The summed E-state index contributed by atoms with van der Waals surface area (Å²) >= 11 is 0. The number of ether oxygens (including phenoxy) is 1. The second-order valence-electron chi connectivity index (χ2n) is 3.51. The Morgan fingerprint density at radius 2 is 2.36 bits per heavy atom. The Morgan fingerprint density at radius 1 is 1.57 bits per heavy atom. The molecular formula is C11H20N2O. The van der Waals surface area contributed by atoms with Crippen LogP contribution in [0.15, 0.2) is 18.5 Å². The van der Waals surface area contributed by atoms with Crippen LogP contribution in [0.3, 0.4) is 0 Å². The number of rotatable bonds is 6. The molecule has 0 radical (unpaired) electrons. The molecule has 0 fully saturated rings. The van der Waals surface area contributed by atoms with Crippen LogP contribution in [0.4, 0.5) is 0 Å². The Balaban J connectivity index is 2.63. The highest BCUT2D eigenvalue weighted by Crippen LogP contribution is 2.18. The van der Waals surface area contributed by atoms with Crippen molar-refractivity contribution in [3.05, 3.63) is 24.0 Å². The summed E-state index contributed by atoms with van der Waals surface area (Å²) in [6, 6.07) is 2.62. The van der Waals surface area contributed by atoms with Crippen molar-refractivity contribution in [1.29, 1.82) is 0 Å². The normalized spacial score (nSPS) is 13.1. The van der Waals surface area contributed by atoms with Crippen molar-refractivity contribution in [2.75, 3.05) is 14.2 Å². The first-order valence-electron chi connectivity index (χ1n) is 5.13. The first kappa shape index (κ1) is 11.3. The van der Waals surface area contributed by atoms with E-state index in [1.807, 2.05) is 7.05 Å². The van der Waals surface area contributed by atoms with Crippen LogP contribution in [-0.4, -0.2) is 18.7 Å². The van der Waals surface area contributed by atoms with Gasteiger partial charge in [-0.15, -0.1) is 0 Å². The van der Waals surface area contributed by atoms with Crippen LogP contribution >= 0.6 is 0 Å². The molecule has 80 valence electrons. The molecule has 0 spiro atoms. The summed E-state index contributed by atoms with van der Waals surface area (Å²) in [4.78, 5) is 0. The molecule has 1 aromatic heterocycles. The van der Waals surface area contributed by atoms with E-state index in [9.17, 15) is 0 Å². The van der Waals surface area contributed by atoms with Gasteiger partial charge < -0.3 is 14.6 Å². The molecular weight excluding hydrogens is 176 g/mol. The lowest BCUT2D eigenvalue weighted by molar-refractivity contribution is 0.131. The van der Waals surface area contributed by atoms with Gasteiger partial charge in [-0.3, -0.25) is 0 Å². The minimum absolute atomic E-state index is 0.470. The lowest BCUT2D eigenvalue weighted by atomic mass is 10.1. The van der Waals surface area contributed by atoms with E-state index >= 15 is 0 Å². The van der Waals surface area contributed by atoms with Crippen LogP contribution in [0.5, 0.6) is 0 Å². The molecule has 3 heteroatoms. The molecule has 1 unspecified atom stereocenters. The van der Waals surface area contributed by atoms with Gasteiger partial charge >= 0.3 is 0 Å². The fraction of sp³-hybridized carbons (Fsp3) is 0.636. The Bertz CT molecular complexity index is 258. The van der Waals surface area contributed by atoms with E-state index in [0.29, 0.717) is 12.8 Å². The molecule has 3 nitrogen and oxygen atoms in total. The molecule has 0 aliphatic rings. The predicted molar refractivity (Wildman–Crippen MR) is 58.1 cm³/mol. The summed E-state index contributed by atoms with van der Waals surface area (Å²) in [5, 5.41) is 3.32. The lowest BCUT2D eigenvalue weighted by Crippen LogP contribution is -2.15. The van der Waals surface area contributed by atoms with E-state index in [1.165, 1.54) is 18.4 Å².